The number of hydrogen-bond acceptors (Lipinski definition) is 4. The fourth-order valence-electron chi connectivity index (χ4n) is 1.40. The lowest BCUT2D eigenvalue weighted by Crippen LogP contribution is -2.51. The van der Waals surface area contributed by atoms with E-state index in [1.165, 1.54) is 0 Å². The number of aromatic nitrogens is 3. The average Bonchev–Trinajstić information content (AvgIpc) is 2.64. The largest absolute Gasteiger partial charge is 0.388 e. The molecule has 5 heteroatoms. The van der Waals surface area contributed by atoms with Crippen LogP contribution in [0, 0.1) is 0 Å². The number of fused-ring (bicyclic) bond motifs is 1. The van der Waals surface area contributed by atoms with Crippen molar-refractivity contribution >= 4 is 11.3 Å². The van der Waals surface area contributed by atoms with Crippen LogP contribution >= 0.6 is 0 Å². The lowest BCUT2D eigenvalue weighted by molar-refractivity contribution is 0.0239. The van der Waals surface area contributed by atoms with Crippen molar-refractivity contribution in [3.8, 4) is 0 Å². The first-order valence-electron chi connectivity index (χ1n) is 5.60. The van der Waals surface area contributed by atoms with E-state index < -0.39 is 11.1 Å². The molecule has 0 unspecified atom stereocenters. The van der Waals surface area contributed by atoms with Gasteiger partial charge in [0.15, 0.2) is 5.82 Å². The van der Waals surface area contributed by atoms with Crippen LogP contribution in [0.25, 0.3) is 5.52 Å². The van der Waals surface area contributed by atoms with Crippen LogP contribution in [0.3, 0.4) is 0 Å². The minimum absolute atomic E-state index is 0.494. The van der Waals surface area contributed by atoms with Crippen molar-refractivity contribution in [1.82, 2.24) is 14.6 Å². The second-order valence-corrected chi connectivity index (χ2v) is 5.25. The molecule has 0 saturated carbocycles. The molecule has 0 spiro atoms. The highest BCUT2D eigenvalue weighted by molar-refractivity contribution is 5.67. The Hall–Kier alpha value is -1.62. The number of hydrogen-bond donors (Lipinski definition) is 2. The number of rotatable bonds is 3. The van der Waals surface area contributed by atoms with Gasteiger partial charge in [-0.3, -0.25) is 0 Å². The highest BCUT2D eigenvalue weighted by atomic mass is 16.3. The van der Waals surface area contributed by atoms with E-state index in [2.05, 4.69) is 15.4 Å². The second-order valence-electron chi connectivity index (χ2n) is 5.25. The lowest BCUT2D eigenvalue weighted by Gasteiger charge is -2.38. The summed E-state index contributed by atoms with van der Waals surface area (Å²) in [6, 6.07) is 1.88. The SMILES string of the molecule is CC(C)(O)C(C)(C)Nc1nccn2nccc12. The minimum atomic E-state index is -0.860. The van der Waals surface area contributed by atoms with Gasteiger partial charge in [0.2, 0.25) is 0 Å². The van der Waals surface area contributed by atoms with Gasteiger partial charge in [0, 0.05) is 12.4 Å². The highest BCUT2D eigenvalue weighted by Crippen LogP contribution is 2.26. The van der Waals surface area contributed by atoms with Crippen molar-refractivity contribution in [2.24, 2.45) is 0 Å². The first kappa shape index (κ1) is 11.9. The molecule has 2 heterocycles. The molecular weight excluding hydrogens is 216 g/mol. The third kappa shape index (κ3) is 2.10. The molecule has 0 atom stereocenters. The molecule has 2 aromatic heterocycles. The molecule has 0 aliphatic carbocycles. The molecule has 92 valence electrons. The zero-order chi connectivity index (χ0) is 12.7. The highest BCUT2D eigenvalue weighted by Gasteiger charge is 2.35. The Kier molecular flexibility index (Phi) is 2.58. The van der Waals surface area contributed by atoms with Crippen LogP contribution in [-0.4, -0.2) is 30.8 Å². The molecule has 0 amide bonds. The van der Waals surface area contributed by atoms with Gasteiger partial charge in [-0.05, 0) is 33.8 Å². The van der Waals surface area contributed by atoms with E-state index in [1.54, 1.807) is 37.0 Å². The summed E-state index contributed by atoms with van der Waals surface area (Å²) in [4.78, 5) is 4.29. The van der Waals surface area contributed by atoms with Gasteiger partial charge in [-0.15, -0.1) is 0 Å². The van der Waals surface area contributed by atoms with Gasteiger partial charge in [0.05, 0.1) is 17.3 Å². The third-order valence-electron chi connectivity index (χ3n) is 3.28. The van der Waals surface area contributed by atoms with Gasteiger partial charge in [-0.1, -0.05) is 0 Å². The molecule has 0 saturated heterocycles. The van der Waals surface area contributed by atoms with Crippen molar-refractivity contribution < 1.29 is 5.11 Å². The number of anilines is 1. The second kappa shape index (κ2) is 3.70. The van der Waals surface area contributed by atoms with Gasteiger partial charge >= 0.3 is 0 Å². The van der Waals surface area contributed by atoms with Gasteiger partial charge < -0.3 is 10.4 Å². The number of nitrogens with zero attached hydrogens (tertiary/aromatic N) is 3. The van der Waals surface area contributed by atoms with Crippen LogP contribution in [0.5, 0.6) is 0 Å². The third-order valence-corrected chi connectivity index (χ3v) is 3.28. The van der Waals surface area contributed by atoms with E-state index in [0.717, 1.165) is 11.3 Å². The summed E-state index contributed by atoms with van der Waals surface area (Å²) >= 11 is 0. The van der Waals surface area contributed by atoms with E-state index in [-0.39, 0.29) is 0 Å². The monoisotopic (exact) mass is 234 g/mol. The predicted octanol–water partition coefficient (Wildman–Crippen LogP) is 1.69. The molecule has 0 radical (unpaired) electrons. The van der Waals surface area contributed by atoms with Gasteiger partial charge in [0.25, 0.3) is 0 Å². The molecule has 5 nitrogen and oxygen atoms in total. The maximum absolute atomic E-state index is 10.1. The van der Waals surface area contributed by atoms with Crippen molar-refractivity contribution in [3.63, 3.8) is 0 Å². The number of aliphatic hydroxyl groups is 1. The fourth-order valence-corrected chi connectivity index (χ4v) is 1.40. The van der Waals surface area contributed by atoms with Crippen molar-refractivity contribution in [2.75, 3.05) is 5.32 Å². The van der Waals surface area contributed by atoms with E-state index in [9.17, 15) is 5.11 Å². The Morgan fingerprint density at radius 2 is 1.94 bits per heavy atom. The molecule has 0 fully saturated rings. The van der Waals surface area contributed by atoms with Crippen LogP contribution in [-0.2, 0) is 0 Å². The van der Waals surface area contributed by atoms with Crippen molar-refractivity contribution in [1.29, 1.82) is 0 Å². The maximum Gasteiger partial charge on any atom is 0.152 e. The van der Waals surface area contributed by atoms with E-state index in [0.29, 0.717) is 0 Å². The van der Waals surface area contributed by atoms with Gasteiger partial charge in [0.1, 0.15) is 5.52 Å². The van der Waals surface area contributed by atoms with Crippen molar-refractivity contribution in [3.05, 3.63) is 24.7 Å². The quantitative estimate of drug-likeness (QED) is 0.848. The van der Waals surface area contributed by atoms with E-state index in [1.807, 2.05) is 19.9 Å². The lowest BCUT2D eigenvalue weighted by atomic mass is 9.86. The Bertz CT molecular complexity index is 525. The molecule has 2 N–H and O–H groups in total. The standard InChI is InChI=1S/C12H18N4O/c1-11(2,12(3,4)17)15-10-9-5-6-14-16(9)8-7-13-10/h5-8,17H,1-4H3,(H,13,15). The Morgan fingerprint density at radius 1 is 1.24 bits per heavy atom. The Morgan fingerprint density at radius 3 is 2.59 bits per heavy atom. The summed E-state index contributed by atoms with van der Waals surface area (Å²) in [6.45, 7) is 7.43. The topological polar surface area (TPSA) is 62.5 Å². The summed E-state index contributed by atoms with van der Waals surface area (Å²) in [5, 5.41) is 17.5. The molecule has 2 rings (SSSR count). The molecule has 0 aliphatic heterocycles. The smallest absolute Gasteiger partial charge is 0.152 e. The summed E-state index contributed by atoms with van der Waals surface area (Å²) in [5.74, 6) is 0.720. The zero-order valence-electron chi connectivity index (χ0n) is 10.6. The van der Waals surface area contributed by atoms with E-state index in [4.69, 9.17) is 0 Å². The van der Waals surface area contributed by atoms with Crippen LogP contribution in [0.2, 0.25) is 0 Å². The van der Waals surface area contributed by atoms with Crippen LogP contribution < -0.4 is 5.32 Å². The molecule has 2 aromatic rings. The molecule has 0 bridgehead atoms. The molecule has 17 heavy (non-hydrogen) atoms. The summed E-state index contributed by atoms with van der Waals surface area (Å²) in [7, 11) is 0. The first-order chi connectivity index (χ1) is 7.81. The predicted molar refractivity (Wildman–Crippen MR) is 67.0 cm³/mol. The van der Waals surface area contributed by atoms with Crippen LogP contribution in [0.15, 0.2) is 24.7 Å². The van der Waals surface area contributed by atoms with E-state index >= 15 is 0 Å². The van der Waals surface area contributed by atoms with Gasteiger partial charge in [-0.25, -0.2) is 9.50 Å². The Labute approximate surface area is 100 Å². The average molecular weight is 234 g/mol. The first-order valence-corrected chi connectivity index (χ1v) is 5.60. The van der Waals surface area contributed by atoms with Crippen LogP contribution in [0.1, 0.15) is 27.7 Å². The summed E-state index contributed by atoms with van der Waals surface area (Å²) in [5.41, 5.74) is -0.460. The zero-order valence-corrected chi connectivity index (χ0v) is 10.6. The van der Waals surface area contributed by atoms with Crippen molar-refractivity contribution in [2.45, 2.75) is 38.8 Å². The Balaban J connectivity index is 2.39. The molecular formula is C12H18N4O. The van der Waals surface area contributed by atoms with Gasteiger partial charge in [-0.2, -0.15) is 5.10 Å². The summed E-state index contributed by atoms with van der Waals surface area (Å²) in [6.07, 6.45) is 5.19. The maximum atomic E-state index is 10.1. The van der Waals surface area contributed by atoms with Crippen LogP contribution in [0.4, 0.5) is 5.82 Å². The summed E-state index contributed by atoms with van der Waals surface area (Å²) < 4.78 is 1.75. The molecule has 0 aliphatic rings. The molecule has 0 aromatic carbocycles. The normalized spacial score (nSPS) is 13.0. The minimum Gasteiger partial charge on any atom is -0.388 e. The fraction of sp³-hybridized carbons (Fsp3) is 0.500. The number of nitrogens with one attached hydrogen (secondary N) is 1.